The van der Waals surface area contributed by atoms with Gasteiger partial charge >= 0.3 is 0 Å². The fourth-order valence-corrected chi connectivity index (χ4v) is 3.01. The van der Waals surface area contributed by atoms with Crippen LogP contribution < -0.4 is 4.90 Å². The third-order valence-electron chi connectivity index (χ3n) is 3.77. The molecule has 0 aromatic heterocycles. The molecule has 3 heteroatoms. The number of nitrogens with zero attached hydrogens (tertiary/aromatic N) is 1. The molecule has 0 fully saturated rings. The summed E-state index contributed by atoms with van der Waals surface area (Å²) in [5.74, 6) is 0.0813. The van der Waals surface area contributed by atoms with E-state index in [2.05, 4.69) is 22.0 Å². The van der Waals surface area contributed by atoms with Crippen molar-refractivity contribution in [2.24, 2.45) is 0 Å². The summed E-state index contributed by atoms with van der Waals surface area (Å²) in [5, 5.41) is 0. The quantitative estimate of drug-likeness (QED) is 0.761. The standard InChI is InChI=1S/C17H16BrNO/c1-12-8-9-14(11-15(12)18)17(20)19-10-4-6-13-5-2-3-7-16(13)19/h2-3,5,7-9,11H,4,6,10H2,1H3. The predicted molar refractivity (Wildman–Crippen MR) is 85.3 cm³/mol. The molecule has 1 amide bonds. The van der Waals surface area contributed by atoms with Crippen LogP contribution in [0.5, 0.6) is 0 Å². The number of anilines is 1. The van der Waals surface area contributed by atoms with Crippen LogP contribution in [0.3, 0.4) is 0 Å². The molecule has 102 valence electrons. The van der Waals surface area contributed by atoms with Crippen LogP contribution in [0.15, 0.2) is 46.9 Å². The van der Waals surface area contributed by atoms with Crippen molar-refractivity contribution in [2.45, 2.75) is 19.8 Å². The number of amides is 1. The second kappa shape index (κ2) is 5.41. The highest BCUT2D eigenvalue weighted by atomic mass is 79.9. The van der Waals surface area contributed by atoms with Crippen molar-refractivity contribution in [2.75, 3.05) is 11.4 Å². The van der Waals surface area contributed by atoms with Crippen molar-refractivity contribution in [3.8, 4) is 0 Å². The smallest absolute Gasteiger partial charge is 0.258 e. The van der Waals surface area contributed by atoms with Crippen molar-refractivity contribution in [1.29, 1.82) is 0 Å². The average Bonchev–Trinajstić information content (AvgIpc) is 2.49. The van der Waals surface area contributed by atoms with E-state index in [1.165, 1.54) is 5.56 Å². The normalized spacial score (nSPS) is 14.0. The van der Waals surface area contributed by atoms with Gasteiger partial charge in [0.2, 0.25) is 0 Å². The second-order valence-electron chi connectivity index (χ2n) is 5.15. The fourth-order valence-electron chi connectivity index (χ4n) is 2.63. The Morgan fingerprint density at radius 2 is 2.00 bits per heavy atom. The van der Waals surface area contributed by atoms with E-state index in [0.717, 1.165) is 40.7 Å². The van der Waals surface area contributed by atoms with Crippen LogP contribution in [0.2, 0.25) is 0 Å². The van der Waals surface area contributed by atoms with Gasteiger partial charge in [0, 0.05) is 22.3 Å². The van der Waals surface area contributed by atoms with Gasteiger partial charge in [-0.25, -0.2) is 0 Å². The maximum Gasteiger partial charge on any atom is 0.258 e. The largest absolute Gasteiger partial charge is 0.308 e. The summed E-state index contributed by atoms with van der Waals surface area (Å²) in [6.45, 7) is 2.82. The van der Waals surface area contributed by atoms with Crippen molar-refractivity contribution >= 4 is 27.5 Å². The highest BCUT2D eigenvalue weighted by molar-refractivity contribution is 9.10. The van der Waals surface area contributed by atoms with Crippen LogP contribution in [0, 0.1) is 6.92 Å². The summed E-state index contributed by atoms with van der Waals surface area (Å²) in [6.07, 6.45) is 2.08. The van der Waals surface area contributed by atoms with Gasteiger partial charge in [-0.2, -0.15) is 0 Å². The second-order valence-corrected chi connectivity index (χ2v) is 6.01. The molecule has 0 radical (unpaired) electrons. The topological polar surface area (TPSA) is 20.3 Å². The Hall–Kier alpha value is -1.61. The van der Waals surface area contributed by atoms with Crippen molar-refractivity contribution < 1.29 is 4.79 Å². The lowest BCUT2D eigenvalue weighted by Crippen LogP contribution is -2.35. The average molecular weight is 330 g/mol. The summed E-state index contributed by atoms with van der Waals surface area (Å²) in [7, 11) is 0. The van der Waals surface area contributed by atoms with Crippen molar-refractivity contribution in [3.05, 3.63) is 63.6 Å². The molecule has 0 saturated heterocycles. The molecular weight excluding hydrogens is 314 g/mol. The first kappa shape index (κ1) is 13.4. The lowest BCUT2D eigenvalue weighted by molar-refractivity contribution is 0.0985. The number of fused-ring (bicyclic) bond motifs is 1. The molecule has 2 nitrogen and oxygen atoms in total. The van der Waals surface area contributed by atoms with E-state index in [4.69, 9.17) is 0 Å². The molecule has 0 bridgehead atoms. The number of benzene rings is 2. The summed E-state index contributed by atoms with van der Waals surface area (Å²) in [4.78, 5) is 14.6. The zero-order valence-corrected chi connectivity index (χ0v) is 13.0. The monoisotopic (exact) mass is 329 g/mol. The predicted octanol–water partition coefficient (Wildman–Crippen LogP) is 4.35. The van der Waals surface area contributed by atoms with Crippen LogP contribution in [0.4, 0.5) is 5.69 Å². The lowest BCUT2D eigenvalue weighted by Gasteiger charge is -2.29. The minimum Gasteiger partial charge on any atom is -0.308 e. The lowest BCUT2D eigenvalue weighted by atomic mass is 10.0. The van der Waals surface area contributed by atoms with Gasteiger partial charge in [-0.15, -0.1) is 0 Å². The molecule has 1 heterocycles. The molecule has 0 aliphatic carbocycles. The molecule has 0 saturated carbocycles. The van der Waals surface area contributed by atoms with E-state index in [1.807, 2.05) is 48.2 Å². The SMILES string of the molecule is Cc1ccc(C(=O)N2CCCc3ccccc32)cc1Br. The van der Waals surface area contributed by atoms with Crippen LogP contribution in [-0.2, 0) is 6.42 Å². The van der Waals surface area contributed by atoms with Crippen LogP contribution >= 0.6 is 15.9 Å². The Morgan fingerprint density at radius 1 is 1.20 bits per heavy atom. The number of carbonyl (C=O) groups excluding carboxylic acids is 1. The molecule has 3 rings (SSSR count). The van der Waals surface area contributed by atoms with Gasteiger partial charge in [-0.1, -0.05) is 40.2 Å². The Morgan fingerprint density at radius 3 is 2.80 bits per heavy atom. The van der Waals surface area contributed by atoms with Gasteiger partial charge in [0.15, 0.2) is 0 Å². The number of carbonyl (C=O) groups is 1. The molecule has 1 aliphatic rings. The first-order valence-corrected chi connectivity index (χ1v) is 7.62. The van der Waals surface area contributed by atoms with Gasteiger partial charge in [0.1, 0.15) is 0 Å². The van der Waals surface area contributed by atoms with Crippen LogP contribution in [0.25, 0.3) is 0 Å². The zero-order chi connectivity index (χ0) is 14.1. The van der Waals surface area contributed by atoms with Crippen LogP contribution in [-0.4, -0.2) is 12.5 Å². The number of hydrogen-bond donors (Lipinski definition) is 0. The third kappa shape index (κ3) is 2.38. The van der Waals surface area contributed by atoms with Gasteiger partial charge in [-0.05, 0) is 49.1 Å². The molecule has 0 unspecified atom stereocenters. The zero-order valence-electron chi connectivity index (χ0n) is 11.4. The van der Waals surface area contributed by atoms with Gasteiger partial charge in [0.05, 0.1) is 0 Å². The number of aryl methyl sites for hydroxylation is 2. The van der Waals surface area contributed by atoms with Crippen molar-refractivity contribution in [1.82, 2.24) is 0 Å². The fraction of sp³-hybridized carbons (Fsp3) is 0.235. The van der Waals surface area contributed by atoms with E-state index in [9.17, 15) is 4.79 Å². The first-order chi connectivity index (χ1) is 9.66. The highest BCUT2D eigenvalue weighted by Crippen LogP contribution is 2.28. The molecule has 1 aliphatic heterocycles. The Balaban J connectivity index is 1.97. The molecule has 2 aromatic carbocycles. The van der Waals surface area contributed by atoms with E-state index in [0.29, 0.717) is 0 Å². The number of hydrogen-bond acceptors (Lipinski definition) is 1. The van der Waals surface area contributed by atoms with E-state index in [1.54, 1.807) is 0 Å². The molecule has 0 atom stereocenters. The maximum atomic E-state index is 12.7. The van der Waals surface area contributed by atoms with Gasteiger partial charge in [0.25, 0.3) is 5.91 Å². The highest BCUT2D eigenvalue weighted by Gasteiger charge is 2.23. The molecule has 0 N–H and O–H groups in total. The van der Waals surface area contributed by atoms with Gasteiger partial charge in [-0.3, -0.25) is 4.79 Å². The minimum atomic E-state index is 0.0813. The van der Waals surface area contributed by atoms with E-state index in [-0.39, 0.29) is 5.91 Å². The number of halogens is 1. The Labute approximate surface area is 127 Å². The minimum absolute atomic E-state index is 0.0813. The number of rotatable bonds is 1. The Bertz CT molecular complexity index is 666. The van der Waals surface area contributed by atoms with E-state index >= 15 is 0 Å². The summed E-state index contributed by atoms with van der Waals surface area (Å²) >= 11 is 3.50. The summed E-state index contributed by atoms with van der Waals surface area (Å²) in [6, 6.07) is 14.0. The number of para-hydroxylation sites is 1. The summed E-state index contributed by atoms with van der Waals surface area (Å²) < 4.78 is 0.980. The molecule has 0 spiro atoms. The molecule has 20 heavy (non-hydrogen) atoms. The summed E-state index contributed by atoms with van der Waals surface area (Å²) in [5.41, 5.74) is 4.19. The molecular formula is C17H16BrNO. The third-order valence-corrected chi connectivity index (χ3v) is 4.63. The van der Waals surface area contributed by atoms with E-state index < -0.39 is 0 Å². The molecule has 2 aromatic rings. The van der Waals surface area contributed by atoms with Crippen LogP contribution in [0.1, 0.15) is 27.9 Å². The van der Waals surface area contributed by atoms with Crippen molar-refractivity contribution in [3.63, 3.8) is 0 Å². The first-order valence-electron chi connectivity index (χ1n) is 6.83. The van der Waals surface area contributed by atoms with Gasteiger partial charge < -0.3 is 4.90 Å². The Kier molecular flexibility index (Phi) is 3.62. The maximum absolute atomic E-state index is 12.7.